The van der Waals surface area contributed by atoms with E-state index < -0.39 is 0 Å². The van der Waals surface area contributed by atoms with Gasteiger partial charge in [-0.15, -0.1) is 0 Å². The molecule has 5 heteroatoms. The number of amides is 2. The van der Waals surface area contributed by atoms with Crippen molar-refractivity contribution in [2.45, 2.75) is 58.0 Å². The highest BCUT2D eigenvalue weighted by Crippen LogP contribution is 2.43. The van der Waals surface area contributed by atoms with Gasteiger partial charge in [0.1, 0.15) is 5.75 Å². The molecule has 4 aromatic rings. The van der Waals surface area contributed by atoms with Crippen LogP contribution in [0.25, 0.3) is 0 Å². The highest BCUT2D eigenvalue weighted by Gasteiger charge is 2.39. The number of nitrogens with zero attached hydrogens (tertiary/aromatic N) is 2. The van der Waals surface area contributed by atoms with Gasteiger partial charge in [-0.2, -0.15) is 0 Å². The highest BCUT2D eigenvalue weighted by atomic mass is 16.5. The third-order valence-electron chi connectivity index (χ3n) is 7.95. The first-order valence-corrected chi connectivity index (χ1v) is 14.6. The summed E-state index contributed by atoms with van der Waals surface area (Å²) in [5.41, 5.74) is 5.14. The number of methoxy groups -OCH3 is 1. The molecule has 1 heterocycles. The average Bonchev–Trinajstić information content (AvgIpc) is 3.02. The summed E-state index contributed by atoms with van der Waals surface area (Å²) < 4.78 is 5.31. The summed E-state index contributed by atoms with van der Waals surface area (Å²) in [5, 5.41) is 0. The zero-order valence-corrected chi connectivity index (χ0v) is 24.1. The minimum atomic E-state index is -0.247. The lowest BCUT2D eigenvalue weighted by molar-refractivity contribution is 0.0965. The second-order valence-electron chi connectivity index (χ2n) is 10.7. The van der Waals surface area contributed by atoms with Gasteiger partial charge in [-0.3, -0.25) is 9.59 Å². The van der Waals surface area contributed by atoms with Crippen molar-refractivity contribution in [2.75, 3.05) is 16.9 Å². The lowest BCUT2D eigenvalue weighted by atomic mass is 9.89. The van der Waals surface area contributed by atoms with E-state index >= 15 is 0 Å². The first-order chi connectivity index (χ1) is 20.0. The average molecular weight is 547 g/mol. The molecule has 1 aliphatic rings. The van der Waals surface area contributed by atoms with E-state index in [0.717, 1.165) is 29.8 Å². The normalized spacial score (nSPS) is 16.1. The Bertz CT molecular complexity index is 1470. The number of rotatable bonds is 9. The number of unbranched alkanes of at least 4 members (excludes halogenated alkanes) is 2. The summed E-state index contributed by atoms with van der Waals surface area (Å²) in [5.74, 6) is 0.591. The van der Waals surface area contributed by atoms with Crippen molar-refractivity contribution < 1.29 is 14.3 Å². The summed E-state index contributed by atoms with van der Waals surface area (Å²) >= 11 is 0. The van der Waals surface area contributed by atoms with Crippen LogP contribution < -0.4 is 14.5 Å². The topological polar surface area (TPSA) is 49.9 Å². The quantitative estimate of drug-likeness (QED) is 0.199. The molecule has 0 saturated carbocycles. The summed E-state index contributed by atoms with van der Waals surface area (Å²) in [7, 11) is 1.61. The first-order valence-electron chi connectivity index (χ1n) is 14.6. The van der Waals surface area contributed by atoms with Gasteiger partial charge in [-0.05, 0) is 91.9 Å². The SMILES string of the molecule is CCCCCc1ccc(C(=O)N2c3ccccc3[C@@H](N(C(=O)c3ccc(OC)cc3)c3ccccc3)C[C@H]2C)cc1. The van der Waals surface area contributed by atoms with E-state index in [1.807, 2.05) is 88.7 Å². The van der Waals surface area contributed by atoms with Gasteiger partial charge in [-0.1, -0.05) is 68.3 Å². The van der Waals surface area contributed by atoms with E-state index in [0.29, 0.717) is 23.3 Å². The zero-order valence-electron chi connectivity index (χ0n) is 24.1. The van der Waals surface area contributed by atoms with Crippen molar-refractivity contribution >= 4 is 23.2 Å². The van der Waals surface area contributed by atoms with Crippen LogP contribution in [0.15, 0.2) is 103 Å². The molecule has 0 N–H and O–H groups in total. The fourth-order valence-electron chi connectivity index (χ4n) is 5.77. The molecular formula is C36H38N2O3. The van der Waals surface area contributed by atoms with Gasteiger partial charge in [-0.25, -0.2) is 0 Å². The molecule has 2 atom stereocenters. The Balaban J connectivity index is 1.49. The van der Waals surface area contributed by atoms with Crippen LogP contribution in [0.1, 0.15) is 77.4 Å². The molecule has 0 spiro atoms. The molecule has 2 amide bonds. The summed E-state index contributed by atoms with van der Waals surface area (Å²) in [6.45, 7) is 4.28. The molecule has 0 aromatic heterocycles. The van der Waals surface area contributed by atoms with E-state index in [-0.39, 0.29) is 23.9 Å². The molecule has 5 rings (SSSR count). The van der Waals surface area contributed by atoms with Crippen LogP contribution in [0.2, 0.25) is 0 Å². The first kappa shape index (κ1) is 28.2. The minimum absolute atomic E-state index is 0.0174. The van der Waals surface area contributed by atoms with E-state index in [1.54, 1.807) is 19.2 Å². The smallest absolute Gasteiger partial charge is 0.258 e. The number of aryl methyl sites for hydroxylation is 1. The minimum Gasteiger partial charge on any atom is -0.497 e. The predicted molar refractivity (Wildman–Crippen MR) is 166 cm³/mol. The molecule has 0 fully saturated rings. The van der Waals surface area contributed by atoms with Gasteiger partial charge >= 0.3 is 0 Å². The molecular weight excluding hydrogens is 508 g/mol. The maximum atomic E-state index is 14.1. The van der Waals surface area contributed by atoms with Crippen LogP contribution in [0.4, 0.5) is 11.4 Å². The third kappa shape index (κ3) is 6.04. The van der Waals surface area contributed by atoms with Gasteiger partial charge < -0.3 is 14.5 Å². The van der Waals surface area contributed by atoms with Crippen LogP contribution in [-0.4, -0.2) is 25.0 Å². The number of ether oxygens (including phenoxy) is 1. The number of carbonyl (C=O) groups is 2. The van der Waals surface area contributed by atoms with Crippen molar-refractivity contribution in [3.05, 3.63) is 125 Å². The van der Waals surface area contributed by atoms with Gasteiger partial charge in [0.2, 0.25) is 0 Å². The predicted octanol–water partition coefficient (Wildman–Crippen LogP) is 8.26. The molecule has 1 aliphatic heterocycles. The lowest BCUT2D eigenvalue weighted by Gasteiger charge is -2.43. The number of hydrogen-bond acceptors (Lipinski definition) is 3. The second kappa shape index (κ2) is 12.9. The van der Waals surface area contributed by atoms with Crippen molar-refractivity contribution in [1.82, 2.24) is 0 Å². The Morgan fingerprint density at radius 2 is 1.49 bits per heavy atom. The molecule has 0 bridgehead atoms. The molecule has 41 heavy (non-hydrogen) atoms. The number of para-hydroxylation sites is 2. The number of fused-ring (bicyclic) bond motifs is 1. The molecule has 0 saturated heterocycles. The second-order valence-corrected chi connectivity index (χ2v) is 10.7. The fraction of sp³-hybridized carbons (Fsp3) is 0.278. The Morgan fingerprint density at radius 3 is 2.17 bits per heavy atom. The van der Waals surface area contributed by atoms with Crippen LogP contribution >= 0.6 is 0 Å². The molecule has 5 nitrogen and oxygen atoms in total. The monoisotopic (exact) mass is 546 g/mol. The molecule has 0 radical (unpaired) electrons. The Labute approximate surface area is 243 Å². The van der Waals surface area contributed by atoms with Gasteiger partial charge in [0.05, 0.1) is 13.2 Å². The maximum absolute atomic E-state index is 14.1. The number of carbonyl (C=O) groups excluding carboxylic acids is 2. The summed E-state index contributed by atoms with van der Waals surface area (Å²) in [6.07, 6.45) is 5.20. The standard InChI is InChI=1S/C36H38N2O3/c1-4-5-7-12-27-17-19-28(20-18-27)35(39)37-26(2)25-34(32-15-10-11-16-33(32)37)38(30-13-8-6-9-14-30)36(40)29-21-23-31(41-3)24-22-29/h6,8-11,13-24,26,34H,4-5,7,12,25H2,1-3H3/t26-,34+/m1/s1. The van der Waals surface area contributed by atoms with Gasteiger partial charge in [0.15, 0.2) is 0 Å². The Kier molecular flexibility index (Phi) is 8.83. The van der Waals surface area contributed by atoms with Crippen LogP contribution in [0.3, 0.4) is 0 Å². The lowest BCUT2D eigenvalue weighted by Crippen LogP contribution is -2.47. The van der Waals surface area contributed by atoms with Crippen LogP contribution in [0, 0.1) is 0 Å². The Morgan fingerprint density at radius 1 is 0.829 bits per heavy atom. The fourth-order valence-corrected chi connectivity index (χ4v) is 5.77. The van der Waals surface area contributed by atoms with E-state index in [1.165, 1.54) is 18.4 Å². The maximum Gasteiger partial charge on any atom is 0.258 e. The van der Waals surface area contributed by atoms with Crippen LogP contribution in [0.5, 0.6) is 5.75 Å². The molecule has 0 aliphatic carbocycles. The molecule has 0 unspecified atom stereocenters. The van der Waals surface area contributed by atoms with Gasteiger partial charge in [0.25, 0.3) is 11.8 Å². The van der Waals surface area contributed by atoms with Crippen molar-refractivity contribution in [3.8, 4) is 5.75 Å². The van der Waals surface area contributed by atoms with Crippen molar-refractivity contribution in [2.24, 2.45) is 0 Å². The summed E-state index contributed by atoms with van der Waals surface area (Å²) in [4.78, 5) is 31.8. The Hall–Kier alpha value is -4.38. The zero-order chi connectivity index (χ0) is 28.8. The number of anilines is 2. The van der Waals surface area contributed by atoms with Crippen molar-refractivity contribution in [3.63, 3.8) is 0 Å². The molecule has 210 valence electrons. The van der Waals surface area contributed by atoms with E-state index in [2.05, 4.69) is 26.0 Å². The van der Waals surface area contributed by atoms with Crippen molar-refractivity contribution in [1.29, 1.82) is 0 Å². The largest absolute Gasteiger partial charge is 0.497 e. The van der Waals surface area contributed by atoms with E-state index in [4.69, 9.17) is 4.74 Å². The number of benzene rings is 4. The third-order valence-corrected chi connectivity index (χ3v) is 7.95. The van der Waals surface area contributed by atoms with E-state index in [9.17, 15) is 9.59 Å². The van der Waals surface area contributed by atoms with Crippen LogP contribution in [-0.2, 0) is 6.42 Å². The highest BCUT2D eigenvalue weighted by molar-refractivity contribution is 6.09. The number of hydrogen-bond donors (Lipinski definition) is 0. The van der Waals surface area contributed by atoms with Gasteiger partial charge in [0, 0.05) is 28.5 Å². The summed E-state index contributed by atoms with van der Waals surface area (Å²) in [6, 6.07) is 32.7. The molecule has 4 aromatic carbocycles.